The molecule has 7 nitrogen and oxygen atoms in total. The number of ether oxygens (including phenoxy) is 3. The fraction of sp³-hybridized carbons (Fsp3) is 0.742. The Kier molecular flexibility index (Phi) is 11.3. The fourth-order valence-corrected chi connectivity index (χ4v) is 5.37. The molecule has 38 heavy (non-hydrogen) atoms. The highest BCUT2D eigenvalue weighted by molar-refractivity contribution is 5.87. The van der Waals surface area contributed by atoms with Crippen LogP contribution < -0.4 is 5.32 Å². The molecule has 0 saturated carbocycles. The first-order chi connectivity index (χ1) is 18.0. The lowest BCUT2D eigenvalue weighted by molar-refractivity contribution is -0.144. The summed E-state index contributed by atoms with van der Waals surface area (Å²) in [6.45, 7) is 12.9. The van der Waals surface area contributed by atoms with E-state index in [1.54, 1.807) is 6.08 Å². The van der Waals surface area contributed by atoms with Crippen molar-refractivity contribution in [2.45, 2.75) is 129 Å². The molecule has 0 aromatic heterocycles. The van der Waals surface area contributed by atoms with Crippen molar-refractivity contribution in [1.29, 1.82) is 0 Å². The topological polar surface area (TPSA) is 97.4 Å². The lowest BCUT2D eigenvalue weighted by Gasteiger charge is -2.39. The van der Waals surface area contributed by atoms with Gasteiger partial charge in [0.25, 0.3) is 0 Å². The van der Waals surface area contributed by atoms with E-state index in [2.05, 4.69) is 25.2 Å². The summed E-state index contributed by atoms with van der Waals surface area (Å²) in [6.07, 6.45) is 13.2. The van der Waals surface area contributed by atoms with Gasteiger partial charge in [-0.05, 0) is 51.0 Å². The Morgan fingerprint density at radius 1 is 1.18 bits per heavy atom. The summed E-state index contributed by atoms with van der Waals surface area (Å²) in [5.41, 5.74) is 0.490. The molecule has 0 radical (unpaired) electrons. The third kappa shape index (κ3) is 8.87. The van der Waals surface area contributed by atoms with Crippen LogP contribution in [0.25, 0.3) is 0 Å². The third-order valence-corrected chi connectivity index (χ3v) is 7.95. The summed E-state index contributed by atoms with van der Waals surface area (Å²) in [6, 6.07) is -0.000707. The molecule has 0 aromatic carbocycles. The molecular formula is C31H49NO6. The lowest BCUT2D eigenvalue weighted by atomic mass is 9.86. The van der Waals surface area contributed by atoms with Crippen LogP contribution in [0.5, 0.6) is 0 Å². The lowest BCUT2D eigenvalue weighted by Crippen LogP contribution is -2.50. The van der Waals surface area contributed by atoms with Gasteiger partial charge in [-0.15, -0.1) is 0 Å². The number of rotatable bonds is 12. The second kappa shape index (κ2) is 14.0. The third-order valence-electron chi connectivity index (χ3n) is 7.95. The van der Waals surface area contributed by atoms with Crippen molar-refractivity contribution in [3.05, 3.63) is 36.0 Å². The number of hydrogen-bond donors (Lipinski definition) is 2. The molecule has 214 valence electrons. The number of carbonyl (C=O) groups is 2. The number of nitrogens with one attached hydrogen (secondary N) is 1. The van der Waals surface area contributed by atoms with E-state index in [0.29, 0.717) is 37.7 Å². The van der Waals surface area contributed by atoms with Gasteiger partial charge in [-0.2, -0.15) is 0 Å². The second-order valence-corrected chi connectivity index (χ2v) is 11.9. The number of carbonyl (C=O) groups excluding carboxylic acids is 2. The molecule has 3 aliphatic heterocycles. The van der Waals surface area contributed by atoms with E-state index in [0.717, 1.165) is 31.3 Å². The molecule has 3 fully saturated rings. The highest BCUT2D eigenvalue weighted by Crippen LogP contribution is 2.43. The second-order valence-electron chi connectivity index (χ2n) is 11.9. The molecule has 2 N–H and O–H groups in total. The molecule has 8 atom stereocenters. The normalized spacial score (nSPS) is 35.9. The number of aliphatic hydroxyl groups excluding tert-OH is 1. The first-order valence-corrected chi connectivity index (χ1v) is 14.5. The SMILES string of the molecule is CCCCC(=O)C[C@@H]1C[C@@]2(CO2)[C@H](O)[C@@H](/C=C/C(C)=C/C[C@@H]2O[C@H](C)[C@H](NC(=O)/C=C\C(C)C)C[C@@H]2C)O1. The van der Waals surface area contributed by atoms with Gasteiger partial charge in [0.15, 0.2) is 0 Å². The van der Waals surface area contributed by atoms with Crippen LogP contribution in [0.15, 0.2) is 36.0 Å². The minimum atomic E-state index is -0.737. The predicted molar refractivity (Wildman–Crippen MR) is 149 cm³/mol. The highest BCUT2D eigenvalue weighted by atomic mass is 16.6. The maximum Gasteiger partial charge on any atom is 0.243 e. The van der Waals surface area contributed by atoms with Crippen LogP contribution in [-0.4, -0.2) is 65.6 Å². The van der Waals surface area contributed by atoms with Crippen molar-refractivity contribution in [1.82, 2.24) is 5.32 Å². The Bertz CT molecular complexity index is 889. The molecular weight excluding hydrogens is 482 g/mol. The van der Waals surface area contributed by atoms with Crippen LogP contribution in [-0.2, 0) is 23.8 Å². The molecule has 3 rings (SSSR count). The summed E-state index contributed by atoms with van der Waals surface area (Å²) in [4.78, 5) is 24.5. The Labute approximate surface area is 229 Å². The zero-order chi connectivity index (χ0) is 27.9. The van der Waals surface area contributed by atoms with Crippen LogP contribution >= 0.6 is 0 Å². The van der Waals surface area contributed by atoms with Gasteiger partial charge in [0, 0.05) is 19.3 Å². The van der Waals surface area contributed by atoms with E-state index in [4.69, 9.17) is 14.2 Å². The van der Waals surface area contributed by atoms with Crippen molar-refractivity contribution >= 4 is 11.7 Å². The molecule has 1 spiro atoms. The van der Waals surface area contributed by atoms with Crippen molar-refractivity contribution in [2.24, 2.45) is 11.8 Å². The number of allylic oxidation sites excluding steroid dienone is 3. The maximum atomic E-state index is 12.3. The molecule has 3 aliphatic rings. The standard InChI is InChI=1S/C31H49NO6/c1-7-8-9-24(33)17-25-18-31(19-36-31)30(35)28(38-25)14-12-21(4)11-13-27-22(5)16-26(23(6)37-27)32-29(34)15-10-20(2)3/h10-12,14-15,20,22-23,25-28,30,35H,7-9,13,16-19H2,1-6H3,(H,32,34)/b14-12+,15-10-,21-11+/t22-,23+,25+,26+,27-,28+,30+,31+/m0/s1. The molecule has 0 bridgehead atoms. The van der Waals surface area contributed by atoms with Crippen LogP contribution in [0.2, 0.25) is 0 Å². The zero-order valence-electron chi connectivity index (χ0n) is 24.2. The van der Waals surface area contributed by atoms with Crippen molar-refractivity contribution in [3.8, 4) is 0 Å². The van der Waals surface area contributed by atoms with Crippen molar-refractivity contribution in [3.63, 3.8) is 0 Å². The van der Waals surface area contributed by atoms with E-state index in [1.165, 1.54) is 0 Å². The minimum Gasteiger partial charge on any atom is -0.387 e. The predicted octanol–water partition coefficient (Wildman–Crippen LogP) is 4.83. The summed E-state index contributed by atoms with van der Waals surface area (Å²) in [5.74, 6) is 0.793. The number of Topliss-reactive ketones (excluding diaryl/α,β-unsaturated/α-hetero) is 1. The first-order valence-electron chi connectivity index (χ1n) is 14.5. The van der Waals surface area contributed by atoms with Crippen LogP contribution in [0, 0.1) is 11.8 Å². The minimum absolute atomic E-state index is 0.000707. The van der Waals surface area contributed by atoms with Gasteiger partial charge in [-0.1, -0.05) is 64.0 Å². The van der Waals surface area contributed by atoms with Gasteiger partial charge < -0.3 is 24.6 Å². The average molecular weight is 532 g/mol. The summed E-state index contributed by atoms with van der Waals surface area (Å²) in [5, 5.41) is 13.9. The van der Waals surface area contributed by atoms with Gasteiger partial charge in [-0.3, -0.25) is 9.59 Å². The maximum absolute atomic E-state index is 12.3. The summed E-state index contributed by atoms with van der Waals surface area (Å²) >= 11 is 0. The van der Waals surface area contributed by atoms with Gasteiger partial charge in [0.1, 0.15) is 23.6 Å². The van der Waals surface area contributed by atoms with Crippen molar-refractivity contribution < 1.29 is 28.9 Å². The van der Waals surface area contributed by atoms with Crippen LogP contribution in [0.1, 0.15) is 86.5 Å². The van der Waals surface area contributed by atoms with E-state index in [-0.39, 0.29) is 36.0 Å². The van der Waals surface area contributed by atoms with Gasteiger partial charge >= 0.3 is 0 Å². The molecule has 0 unspecified atom stereocenters. The first kappa shape index (κ1) is 30.7. The average Bonchev–Trinajstić information content (AvgIpc) is 3.63. The zero-order valence-corrected chi connectivity index (χ0v) is 24.2. The van der Waals surface area contributed by atoms with E-state index in [9.17, 15) is 14.7 Å². The fourth-order valence-electron chi connectivity index (χ4n) is 5.37. The highest BCUT2D eigenvalue weighted by Gasteiger charge is 2.58. The van der Waals surface area contributed by atoms with Gasteiger partial charge in [-0.25, -0.2) is 0 Å². The number of amides is 1. The Morgan fingerprint density at radius 3 is 2.58 bits per heavy atom. The van der Waals surface area contributed by atoms with Crippen LogP contribution in [0.3, 0.4) is 0 Å². The number of epoxide rings is 1. The molecule has 3 heterocycles. The quantitative estimate of drug-likeness (QED) is 0.213. The summed E-state index contributed by atoms with van der Waals surface area (Å²) in [7, 11) is 0. The molecule has 0 aliphatic carbocycles. The van der Waals surface area contributed by atoms with Crippen LogP contribution in [0.4, 0.5) is 0 Å². The monoisotopic (exact) mass is 531 g/mol. The Hall–Kier alpha value is -1.80. The smallest absolute Gasteiger partial charge is 0.243 e. The van der Waals surface area contributed by atoms with E-state index >= 15 is 0 Å². The Balaban J connectivity index is 1.52. The largest absolute Gasteiger partial charge is 0.387 e. The molecule has 7 heteroatoms. The van der Waals surface area contributed by atoms with Gasteiger partial charge in [0.05, 0.1) is 31.0 Å². The number of unbranched alkanes of at least 4 members (excludes halogenated alkanes) is 1. The van der Waals surface area contributed by atoms with E-state index in [1.807, 2.05) is 45.9 Å². The van der Waals surface area contributed by atoms with E-state index < -0.39 is 17.8 Å². The molecule has 0 aromatic rings. The number of hydrogen-bond acceptors (Lipinski definition) is 6. The molecule has 3 saturated heterocycles. The Morgan fingerprint density at radius 2 is 1.92 bits per heavy atom. The van der Waals surface area contributed by atoms with Crippen molar-refractivity contribution in [2.75, 3.05) is 6.61 Å². The summed E-state index contributed by atoms with van der Waals surface area (Å²) < 4.78 is 18.1. The number of aliphatic hydroxyl groups is 1. The van der Waals surface area contributed by atoms with Gasteiger partial charge in [0.2, 0.25) is 5.91 Å². The number of ketones is 1. The molecule has 1 amide bonds.